The molecule has 0 spiro atoms. The average molecular weight is 326 g/mol. The van der Waals surface area contributed by atoms with Crippen molar-refractivity contribution >= 4 is 33.4 Å². The van der Waals surface area contributed by atoms with Gasteiger partial charge in [0.05, 0.1) is 0 Å². The third kappa shape index (κ3) is 4.35. The minimum atomic E-state index is -0.208. The molecule has 0 saturated heterocycles. The first-order valence-corrected chi connectivity index (χ1v) is 7.40. The fourth-order valence-electron chi connectivity index (χ4n) is 1.49. The van der Waals surface area contributed by atoms with E-state index in [1.165, 1.54) is 17.0 Å². The summed E-state index contributed by atoms with van der Waals surface area (Å²) >= 11 is 5.18. The Bertz CT molecular complexity index is 501. The molecule has 0 bridgehead atoms. The molecule has 0 heterocycles. The minimum absolute atomic E-state index is 0.208. The first-order chi connectivity index (χ1) is 8.74. The van der Waals surface area contributed by atoms with Crippen LogP contribution in [0.25, 0.3) is 0 Å². The third-order valence-electron chi connectivity index (χ3n) is 2.34. The van der Waals surface area contributed by atoms with Crippen LogP contribution < -0.4 is 5.32 Å². The molecule has 0 fully saturated rings. The molecule has 1 nitrogen and oxygen atoms in total. The van der Waals surface area contributed by atoms with Crippen LogP contribution in [0.3, 0.4) is 0 Å². The van der Waals surface area contributed by atoms with E-state index < -0.39 is 0 Å². The third-order valence-corrected chi connectivity index (χ3v) is 3.88. The Balaban J connectivity index is 1.74. The summed E-state index contributed by atoms with van der Waals surface area (Å²) in [6, 6.07) is 14.7. The molecule has 0 aliphatic rings. The fraction of sp³-hybridized carbons (Fsp3) is 0.143. The molecule has 1 N–H and O–H groups in total. The highest BCUT2D eigenvalue weighted by atomic mass is 79.9. The number of benzene rings is 2. The summed E-state index contributed by atoms with van der Waals surface area (Å²) in [5, 5.41) is 3.20. The molecule has 0 aromatic heterocycles. The van der Waals surface area contributed by atoms with E-state index in [9.17, 15) is 4.39 Å². The van der Waals surface area contributed by atoms with Crippen molar-refractivity contribution in [1.82, 2.24) is 0 Å². The van der Waals surface area contributed by atoms with Crippen molar-refractivity contribution in [3.05, 3.63) is 58.8 Å². The molecule has 2 aromatic carbocycles. The average Bonchev–Trinajstić information content (AvgIpc) is 2.37. The topological polar surface area (TPSA) is 12.0 Å². The maximum Gasteiger partial charge on any atom is 0.125 e. The largest absolute Gasteiger partial charge is 0.384 e. The summed E-state index contributed by atoms with van der Waals surface area (Å²) in [7, 11) is 0. The Morgan fingerprint density at radius 3 is 2.61 bits per heavy atom. The highest BCUT2D eigenvalue weighted by Gasteiger charge is 1.96. The fourth-order valence-corrected chi connectivity index (χ4v) is 2.53. The van der Waals surface area contributed by atoms with Gasteiger partial charge in [0.15, 0.2) is 0 Å². The van der Waals surface area contributed by atoms with E-state index in [0.717, 1.165) is 22.5 Å². The van der Waals surface area contributed by atoms with Gasteiger partial charge in [0.1, 0.15) is 5.82 Å². The van der Waals surface area contributed by atoms with E-state index in [-0.39, 0.29) is 5.82 Å². The van der Waals surface area contributed by atoms with E-state index in [1.807, 2.05) is 18.2 Å². The molecule has 0 radical (unpaired) electrons. The van der Waals surface area contributed by atoms with Crippen LogP contribution in [-0.4, -0.2) is 12.3 Å². The molecule has 18 heavy (non-hydrogen) atoms. The Morgan fingerprint density at radius 1 is 1.11 bits per heavy atom. The van der Waals surface area contributed by atoms with Crippen molar-refractivity contribution in [1.29, 1.82) is 0 Å². The number of thioether (sulfide) groups is 1. The molecule has 2 rings (SSSR count). The van der Waals surface area contributed by atoms with Crippen molar-refractivity contribution in [2.75, 3.05) is 17.6 Å². The molecular weight excluding hydrogens is 313 g/mol. The number of anilines is 1. The van der Waals surface area contributed by atoms with Gasteiger partial charge in [-0.2, -0.15) is 0 Å². The zero-order chi connectivity index (χ0) is 12.8. The molecule has 94 valence electrons. The van der Waals surface area contributed by atoms with Crippen LogP contribution in [0.15, 0.2) is 57.9 Å². The van der Waals surface area contributed by atoms with E-state index >= 15 is 0 Å². The highest BCUT2D eigenvalue weighted by Crippen LogP contribution is 2.20. The van der Waals surface area contributed by atoms with Crippen LogP contribution >= 0.6 is 27.7 Å². The summed E-state index contributed by atoms with van der Waals surface area (Å²) in [4.78, 5) is 1.24. The van der Waals surface area contributed by atoms with Crippen molar-refractivity contribution in [3.63, 3.8) is 0 Å². The first kappa shape index (κ1) is 13.4. The van der Waals surface area contributed by atoms with Crippen LogP contribution in [-0.2, 0) is 0 Å². The van der Waals surface area contributed by atoms with Gasteiger partial charge >= 0.3 is 0 Å². The first-order valence-electron chi connectivity index (χ1n) is 5.62. The lowest BCUT2D eigenvalue weighted by atomic mass is 10.3. The van der Waals surface area contributed by atoms with Gasteiger partial charge in [-0.25, -0.2) is 4.39 Å². The zero-order valence-corrected chi connectivity index (χ0v) is 12.1. The van der Waals surface area contributed by atoms with Crippen molar-refractivity contribution in [3.8, 4) is 0 Å². The lowest BCUT2D eigenvalue weighted by Crippen LogP contribution is -2.03. The molecule has 0 atom stereocenters. The van der Waals surface area contributed by atoms with Gasteiger partial charge in [-0.3, -0.25) is 0 Å². The smallest absolute Gasteiger partial charge is 0.125 e. The SMILES string of the molecule is Fc1cccc(NCCSc2ccc(Br)cc2)c1. The number of nitrogens with one attached hydrogen (secondary N) is 1. The van der Waals surface area contributed by atoms with Gasteiger partial charge in [-0.1, -0.05) is 22.0 Å². The zero-order valence-electron chi connectivity index (χ0n) is 9.70. The summed E-state index contributed by atoms with van der Waals surface area (Å²) in [5.74, 6) is 0.735. The van der Waals surface area contributed by atoms with E-state index in [1.54, 1.807) is 17.8 Å². The Morgan fingerprint density at radius 2 is 1.89 bits per heavy atom. The van der Waals surface area contributed by atoms with E-state index in [4.69, 9.17) is 0 Å². The van der Waals surface area contributed by atoms with Gasteiger partial charge < -0.3 is 5.32 Å². The Hall–Kier alpha value is -1.00. The van der Waals surface area contributed by atoms with Crippen LogP contribution in [0.1, 0.15) is 0 Å². The lowest BCUT2D eigenvalue weighted by molar-refractivity contribution is 0.628. The predicted octanol–water partition coefficient (Wildman–Crippen LogP) is 4.79. The molecule has 0 amide bonds. The highest BCUT2D eigenvalue weighted by molar-refractivity contribution is 9.10. The standard InChI is InChI=1S/C14H13BrFNS/c15-11-4-6-14(7-5-11)18-9-8-17-13-3-1-2-12(16)10-13/h1-7,10,17H,8-9H2. The van der Waals surface area contributed by atoms with E-state index in [2.05, 4.69) is 33.4 Å². The maximum absolute atomic E-state index is 12.9. The molecule has 0 aliphatic heterocycles. The summed E-state index contributed by atoms with van der Waals surface area (Å²) in [5.41, 5.74) is 0.825. The summed E-state index contributed by atoms with van der Waals surface area (Å²) in [6.45, 7) is 0.810. The summed E-state index contributed by atoms with van der Waals surface area (Å²) < 4.78 is 14.0. The maximum atomic E-state index is 12.9. The monoisotopic (exact) mass is 325 g/mol. The second-order valence-corrected chi connectivity index (χ2v) is 5.82. The van der Waals surface area contributed by atoms with Crippen LogP contribution in [0.5, 0.6) is 0 Å². The normalized spacial score (nSPS) is 10.3. The Kier molecular flexibility index (Phi) is 5.08. The van der Waals surface area contributed by atoms with Gasteiger partial charge in [0.25, 0.3) is 0 Å². The second-order valence-electron chi connectivity index (χ2n) is 3.74. The van der Waals surface area contributed by atoms with Crippen molar-refractivity contribution in [2.45, 2.75) is 4.90 Å². The van der Waals surface area contributed by atoms with Crippen LogP contribution in [0.2, 0.25) is 0 Å². The van der Waals surface area contributed by atoms with Gasteiger partial charge in [-0.05, 0) is 42.5 Å². The summed E-state index contributed by atoms with van der Waals surface area (Å²) in [6.07, 6.45) is 0. The number of rotatable bonds is 5. The van der Waals surface area contributed by atoms with Crippen LogP contribution in [0.4, 0.5) is 10.1 Å². The molecule has 4 heteroatoms. The second kappa shape index (κ2) is 6.81. The lowest BCUT2D eigenvalue weighted by Gasteiger charge is -2.06. The van der Waals surface area contributed by atoms with E-state index in [0.29, 0.717) is 0 Å². The number of hydrogen-bond acceptors (Lipinski definition) is 2. The molecule has 2 aromatic rings. The molecule has 0 unspecified atom stereocenters. The molecular formula is C14H13BrFNS. The minimum Gasteiger partial charge on any atom is -0.384 e. The number of halogens is 2. The van der Waals surface area contributed by atoms with Gasteiger partial charge in [0.2, 0.25) is 0 Å². The van der Waals surface area contributed by atoms with Crippen molar-refractivity contribution < 1.29 is 4.39 Å². The molecule has 0 aliphatic carbocycles. The Labute approximate surface area is 119 Å². The predicted molar refractivity (Wildman–Crippen MR) is 79.8 cm³/mol. The van der Waals surface area contributed by atoms with Gasteiger partial charge in [0, 0.05) is 27.4 Å². The quantitative estimate of drug-likeness (QED) is 0.626. The van der Waals surface area contributed by atoms with Crippen molar-refractivity contribution in [2.24, 2.45) is 0 Å². The number of hydrogen-bond donors (Lipinski definition) is 1. The van der Waals surface area contributed by atoms with Crippen LogP contribution in [0, 0.1) is 5.82 Å². The molecule has 0 saturated carbocycles. The van der Waals surface area contributed by atoms with Gasteiger partial charge in [-0.15, -0.1) is 11.8 Å².